The Morgan fingerprint density at radius 2 is 0.621 bits per heavy atom. The molecule has 0 aromatic heterocycles. The molecule has 0 N–H and O–H groups in total. The van der Waals surface area contributed by atoms with E-state index in [1.165, 1.54) is 231 Å². The lowest BCUT2D eigenvalue weighted by molar-refractivity contribution is -0.144. The van der Waals surface area contributed by atoms with Gasteiger partial charge in [-0.25, -0.2) is 0 Å². The Morgan fingerprint density at radius 3 is 0.948 bits per heavy atom. The van der Waals surface area contributed by atoms with Gasteiger partial charge in [0.05, 0.1) is 13.2 Å². The molecule has 2 atom stereocenters. The van der Waals surface area contributed by atoms with E-state index >= 15 is 0 Å². The average molecular weight is 819 g/mol. The van der Waals surface area contributed by atoms with Crippen molar-refractivity contribution in [2.45, 2.75) is 304 Å². The predicted molar refractivity (Wildman–Crippen MR) is 255 cm³/mol. The smallest absolute Gasteiger partial charge is 0.305 e. The van der Waals surface area contributed by atoms with Crippen LogP contribution in [0.15, 0.2) is 0 Å². The molecule has 58 heavy (non-hydrogen) atoms. The molecular formula is C54H106O4. The molecule has 0 saturated carbocycles. The molecule has 4 heteroatoms. The monoisotopic (exact) mass is 819 g/mol. The minimum Gasteiger partial charge on any atom is -0.466 e. The summed E-state index contributed by atoms with van der Waals surface area (Å²) in [6.07, 6.45) is 53.5. The van der Waals surface area contributed by atoms with E-state index in [9.17, 15) is 9.59 Å². The van der Waals surface area contributed by atoms with Crippen molar-refractivity contribution in [3.8, 4) is 0 Å². The van der Waals surface area contributed by atoms with Crippen molar-refractivity contribution in [2.24, 2.45) is 17.8 Å². The summed E-state index contributed by atoms with van der Waals surface area (Å²) in [6, 6.07) is 0. The highest BCUT2D eigenvalue weighted by Crippen LogP contribution is 2.29. The summed E-state index contributed by atoms with van der Waals surface area (Å²) in [5.41, 5.74) is 0. The van der Waals surface area contributed by atoms with E-state index in [2.05, 4.69) is 34.6 Å². The third kappa shape index (κ3) is 44.5. The van der Waals surface area contributed by atoms with Crippen LogP contribution in [0.3, 0.4) is 0 Å². The van der Waals surface area contributed by atoms with Gasteiger partial charge in [0.1, 0.15) is 0 Å². The Hall–Kier alpha value is -1.06. The van der Waals surface area contributed by atoms with Crippen molar-refractivity contribution in [2.75, 3.05) is 13.2 Å². The van der Waals surface area contributed by atoms with E-state index < -0.39 is 0 Å². The maximum Gasteiger partial charge on any atom is 0.305 e. The zero-order valence-electron chi connectivity index (χ0n) is 40.5. The van der Waals surface area contributed by atoms with E-state index in [0.717, 1.165) is 43.4 Å². The van der Waals surface area contributed by atoms with Gasteiger partial charge in [-0.2, -0.15) is 0 Å². The number of hydrogen-bond acceptors (Lipinski definition) is 4. The SMILES string of the molecule is CCCCCCCCCCCCCCCC(=O)OCCCCCCCCC(C)CC(CCCCCCCOC(=O)CCCCCCCCCCCCCCC)C(C)C. The molecule has 0 fully saturated rings. The molecule has 0 aliphatic heterocycles. The molecule has 0 aliphatic rings. The topological polar surface area (TPSA) is 52.6 Å². The highest BCUT2D eigenvalue weighted by atomic mass is 16.5. The van der Waals surface area contributed by atoms with Crippen molar-refractivity contribution >= 4 is 11.9 Å². The first-order valence-corrected chi connectivity index (χ1v) is 26.7. The molecule has 4 nitrogen and oxygen atoms in total. The molecular weight excluding hydrogens is 713 g/mol. The van der Waals surface area contributed by atoms with Gasteiger partial charge in [-0.05, 0) is 49.9 Å². The van der Waals surface area contributed by atoms with Gasteiger partial charge in [-0.1, -0.05) is 259 Å². The maximum atomic E-state index is 12.1. The molecule has 0 heterocycles. The lowest BCUT2D eigenvalue weighted by Crippen LogP contribution is -2.13. The minimum atomic E-state index is 0.0153. The van der Waals surface area contributed by atoms with E-state index in [0.29, 0.717) is 26.1 Å². The predicted octanol–water partition coefficient (Wildman–Crippen LogP) is 18.4. The highest BCUT2D eigenvalue weighted by Gasteiger charge is 2.16. The van der Waals surface area contributed by atoms with Crippen LogP contribution >= 0.6 is 0 Å². The normalized spacial score (nSPS) is 12.7. The summed E-state index contributed by atoms with van der Waals surface area (Å²) < 4.78 is 11.0. The molecule has 0 bridgehead atoms. The van der Waals surface area contributed by atoms with Crippen LogP contribution in [-0.4, -0.2) is 25.2 Å². The van der Waals surface area contributed by atoms with Crippen LogP contribution in [0.25, 0.3) is 0 Å². The molecule has 0 spiro atoms. The van der Waals surface area contributed by atoms with Gasteiger partial charge < -0.3 is 9.47 Å². The molecule has 0 amide bonds. The molecule has 0 saturated heterocycles. The standard InChI is InChI=1S/C54H106O4/c1-6-8-10-12-14-16-18-20-22-24-26-33-39-45-53(55)57-47-41-35-29-28-31-37-43-51(5)49-52(50(3)4)44-38-32-30-36-42-48-58-54(56)46-40-34-27-25-23-21-19-17-15-13-11-9-7-2/h50-52H,6-49H2,1-5H3. The van der Waals surface area contributed by atoms with Gasteiger partial charge in [0.25, 0.3) is 0 Å². The van der Waals surface area contributed by atoms with Crippen molar-refractivity contribution in [3.63, 3.8) is 0 Å². The van der Waals surface area contributed by atoms with Crippen molar-refractivity contribution < 1.29 is 19.1 Å². The molecule has 2 unspecified atom stereocenters. The Kier molecular flexibility index (Phi) is 46.1. The number of carbonyl (C=O) groups is 2. The Balaban J connectivity index is 3.55. The third-order valence-corrected chi connectivity index (χ3v) is 13.0. The van der Waals surface area contributed by atoms with Gasteiger partial charge in [-0.3, -0.25) is 9.59 Å². The molecule has 0 aromatic carbocycles. The molecule has 346 valence electrons. The number of hydrogen-bond donors (Lipinski definition) is 0. The summed E-state index contributed by atoms with van der Waals surface area (Å²) in [7, 11) is 0. The fourth-order valence-corrected chi connectivity index (χ4v) is 8.79. The number of rotatable bonds is 48. The van der Waals surface area contributed by atoms with Crippen LogP contribution in [0, 0.1) is 17.8 Å². The van der Waals surface area contributed by atoms with Crippen molar-refractivity contribution in [3.05, 3.63) is 0 Å². The Bertz CT molecular complexity index is 824. The van der Waals surface area contributed by atoms with E-state index in [4.69, 9.17) is 9.47 Å². The van der Waals surface area contributed by atoms with Gasteiger partial charge in [-0.15, -0.1) is 0 Å². The van der Waals surface area contributed by atoms with Crippen LogP contribution in [0.2, 0.25) is 0 Å². The second-order valence-corrected chi connectivity index (χ2v) is 19.2. The Labute approximate surface area is 365 Å². The van der Waals surface area contributed by atoms with Gasteiger partial charge in [0.15, 0.2) is 0 Å². The second kappa shape index (κ2) is 47.0. The average Bonchev–Trinajstić information content (AvgIpc) is 3.21. The molecule has 0 radical (unpaired) electrons. The number of esters is 2. The van der Waals surface area contributed by atoms with Crippen LogP contribution in [0.1, 0.15) is 304 Å². The molecule has 0 aliphatic carbocycles. The maximum absolute atomic E-state index is 12.1. The van der Waals surface area contributed by atoms with E-state index in [1.807, 2.05) is 0 Å². The van der Waals surface area contributed by atoms with Gasteiger partial charge >= 0.3 is 11.9 Å². The number of carbonyl (C=O) groups excluding carboxylic acids is 2. The minimum absolute atomic E-state index is 0.0153. The summed E-state index contributed by atoms with van der Waals surface area (Å²) in [4.78, 5) is 24.2. The molecule has 0 aromatic rings. The zero-order valence-corrected chi connectivity index (χ0v) is 40.5. The summed E-state index contributed by atoms with van der Waals surface area (Å²) in [6.45, 7) is 13.1. The fraction of sp³-hybridized carbons (Fsp3) is 0.963. The first-order chi connectivity index (χ1) is 28.4. The van der Waals surface area contributed by atoms with Crippen LogP contribution in [0.4, 0.5) is 0 Å². The fourth-order valence-electron chi connectivity index (χ4n) is 8.79. The lowest BCUT2D eigenvalue weighted by Gasteiger charge is -2.24. The quantitative estimate of drug-likeness (QED) is 0.0453. The summed E-state index contributed by atoms with van der Waals surface area (Å²) in [5, 5.41) is 0. The molecule has 0 rings (SSSR count). The summed E-state index contributed by atoms with van der Waals surface area (Å²) >= 11 is 0. The van der Waals surface area contributed by atoms with Gasteiger partial charge in [0.2, 0.25) is 0 Å². The zero-order chi connectivity index (χ0) is 42.4. The summed E-state index contributed by atoms with van der Waals surface area (Å²) in [5.74, 6) is 2.45. The highest BCUT2D eigenvalue weighted by molar-refractivity contribution is 5.69. The second-order valence-electron chi connectivity index (χ2n) is 19.2. The van der Waals surface area contributed by atoms with Crippen molar-refractivity contribution in [1.29, 1.82) is 0 Å². The first kappa shape index (κ1) is 56.9. The first-order valence-electron chi connectivity index (χ1n) is 26.7. The number of ether oxygens (including phenoxy) is 2. The Morgan fingerprint density at radius 1 is 0.345 bits per heavy atom. The van der Waals surface area contributed by atoms with E-state index in [1.54, 1.807) is 0 Å². The lowest BCUT2D eigenvalue weighted by atomic mass is 9.82. The largest absolute Gasteiger partial charge is 0.466 e. The van der Waals surface area contributed by atoms with Crippen LogP contribution in [-0.2, 0) is 19.1 Å². The third-order valence-electron chi connectivity index (χ3n) is 13.0. The van der Waals surface area contributed by atoms with E-state index in [-0.39, 0.29) is 11.9 Å². The van der Waals surface area contributed by atoms with Crippen LogP contribution in [0.5, 0.6) is 0 Å². The number of unbranched alkanes of at least 4 members (excludes halogenated alkanes) is 33. The van der Waals surface area contributed by atoms with Crippen molar-refractivity contribution in [1.82, 2.24) is 0 Å². The van der Waals surface area contributed by atoms with Gasteiger partial charge in [0, 0.05) is 12.8 Å². The van der Waals surface area contributed by atoms with Crippen LogP contribution < -0.4 is 0 Å².